The van der Waals surface area contributed by atoms with E-state index in [4.69, 9.17) is 15.9 Å². The van der Waals surface area contributed by atoms with Gasteiger partial charge in [-0.05, 0) is 30.3 Å². The minimum absolute atomic E-state index is 0.135. The van der Waals surface area contributed by atoms with Crippen molar-refractivity contribution in [3.05, 3.63) is 54.1 Å². The summed E-state index contributed by atoms with van der Waals surface area (Å²) in [5.74, 6) is 3.65. The second-order valence-corrected chi connectivity index (χ2v) is 4.52. The lowest BCUT2D eigenvalue weighted by Crippen LogP contribution is -2.15. The Labute approximate surface area is 130 Å². The molecular weight excluding hydrogens is 278 g/mol. The molecule has 0 heterocycles. The highest BCUT2D eigenvalue weighted by atomic mass is 16.5. The van der Waals surface area contributed by atoms with Crippen LogP contribution in [0.2, 0.25) is 0 Å². The second kappa shape index (κ2) is 7.75. The van der Waals surface area contributed by atoms with Gasteiger partial charge in [0.2, 0.25) is 5.91 Å². The fourth-order valence-electron chi connectivity index (χ4n) is 1.90. The third-order valence-electron chi connectivity index (χ3n) is 2.97. The molecule has 22 heavy (non-hydrogen) atoms. The molecule has 2 aromatic carbocycles. The van der Waals surface area contributed by atoms with Gasteiger partial charge >= 0.3 is 0 Å². The van der Waals surface area contributed by atoms with Gasteiger partial charge in [-0.15, -0.1) is 6.42 Å². The van der Waals surface area contributed by atoms with Crippen molar-refractivity contribution in [3.63, 3.8) is 0 Å². The fourth-order valence-corrected chi connectivity index (χ4v) is 1.90. The first-order valence-electron chi connectivity index (χ1n) is 6.85. The average Bonchev–Trinajstić information content (AvgIpc) is 2.55. The lowest BCUT2D eigenvalue weighted by atomic mass is 10.2. The molecule has 0 aromatic heterocycles. The molecule has 1 amide bonds. The Balaban J connectivity index is 1.84. The lowest BCUT2D eigenvalue weighted by Gasteiger charge is -2.10. The Kier molecular flexibility index (Phi) is 5.44. The number of hydrogen-bond acceptors (Lipinski definition) is 3. The zero-order valence-corrected chi connectivity index (χ0v) is 12.3. The molecule has 0 saturated carbocycles. The quantitative estimate of drug-likeness (QED) is 0.833. The zero-order chi connectivity index (χ0) is 15.8. The van der Waals surface area contributed by atoms with Crippen molar-refractivity contribution in [2.45, 2.75) is 6.42 Å². The summed E-state index contributed by atoms with van der Waals surface area (Å²) in [6, 6.07) is 14.5. The molecule has 0 aliphatic carbocycles. The number of nitrogens with one attached hydrogen (secondary N) is 1. The van der Waals surface area contributed by atoms with Gasteiger partial charge in [-0.1, -0.05) is 24.1 Å². The lowest BCUT2D eigenvalue weighted by molar-refractivity contribution is -0.116. The molecule has 4 nitrogen and oxygen atoms in total. The normalized spacial score (nSPS) is 9.64. The van der Waals surface area contributed by atoms with Crippen LogP contribution in [0, 0.1) is 12.3 Å². The number of benzene rings is 2. The van der Waals surface area contributed by atoms with E-state index in [2.05, 4.69) is 11.2 Å². The van der Waals surface area contributed by atoms with Gasteiger partial charge in [0.25, 0.3) is 0 Å². The maximum absolute atomic E-state index is 11.9. The largest absolute Gasteiger partial charge is 0.493 e. The van der Waals surface area contributed by atoms with E-state index in [0.717, 1.165) is 5.56 Å². The van der Waals surface area contributed by atoms with Gasteiger partial charge in [0, 0.05) is 11.3 Å². The molecule has 1 N–H and O–H groups in total. The third kappa shape index (κ3) is 4.29. The topological polar surface area (TPSA) is 47.6 Å². The number of hydrogen-bond donors (Lipinski definition) is 1. The van der Waals surface area contributed by atoms with E-state index in [1.54, 1.807) is 43.5 Å². The fraction of sp³-hybridized carbons (Fsp3) is 0.167. The molecule has 2 rings (SSSR count). The van der Waals surface area contributed by atoms with Crippen molar-refractivity contribution in [2.75, 3.05) is 19.0 Å². The van der Waals surface area contributed by atoms with E-state index in [1.165, 1.54) is 0 Å². The monoisotopic (exact) mass is 295 g/mol. The van der Waals surface area contributed by atoms with Gasteiger partial charge in [-0.2, -0.15) is 0 Å². The number of carbonyl (C=O) groups is 1. The molecule has 0 fully saturated rings. The van der Waals surface area contributed by atoms with E-state index < -0.39 is 0 Å². The Bertz CT molecular complexity index is 689. The van der Waals surface area contributed by atoms with Crippen LogP contribution in [-0.2, 0) is 4.79 Å². The number of anilines is 1. The minimum atomic E-state index is -0.135. The first-order valence-corrected chi connectivity index (χ1v) is 6.85. The van der Waals surface area contributed by atoms with Crippen LogP contribution < -0.4 is 14.8 Å². The zero-order valence-electron chi connectivity index (χ0n) is 12.3. The molecule has 0 aliphatic heterocycles. The molecule has 112 valence electrons. The summed E-state index contributed by atoms with van der Waals surface area (Å²) in [5, 5.41) is 2.79. The van der Waals surface area contributed by atoms with Gasteiger partial charge in [-0.3, -0.25) is 4.79 Å². The highest BCUT2D eigenvalue weighted by molar-refractivity contribution is 5.90. The molecule has 0 bridgehead atoms. The van der Waals surface area contributed by atoms with Gasteiger partial charge in [-0.25, -0.2) is 0 Å². The Morgan fingerprint density at radius 1 is 1.18 bits per heavy atom. The standard InChI is InChI=1S/C18H17NO3/c1-3-14-7-6-8-15(13-14)19-18(20)11-12-22-17-10-5-4-9-16(17)21-2/h1,4-10,13H,11-12H2,2H3,(H,19,20). The summed E-state index contributed by atoms with van der Waals surface area (Å²) in [6.45, 7) is 0.265. The predicted molar refractivity (Wildman–Crippen MR) is 86.1 cm³/mol. The Morgan fingerprint density at radius 3 is 2.68 bits per heavy atom. The first-order chi connectivity index (χ1) is 10.7. The highest BCUT2D eigenvalue weighted by Gasteiger charge is 2.06. The summed E-state index contributed by atoms with van der Waals surface area (Å²) in [5.41, 5.74) is 1.40. The number of rotatable bonds is 6. The maximum atomic E-state index is 11.9. The summed E-state index contributed by atoms with van der Waals surface area (Å²) >= 11 is 0. The number of methoxy groups -OCH3 is 1. The average molecular weight is 295 g/mol. The molecule has 4 heteroatoms. The number of para-hydroxylation sites is 2. The summed E-state index contributed by atoms with van der Waals surface area (Å²) < 4.78 is 10.7. The molecule has 0 saturated heterocycles. The van der Waals surface area contributed by atoms with Crippen molar-refractivity contribution in [1.82, 2.24) is 0 Å². The van der Waals surface area contributed by atoms with E-state index in [0.29, 0.717) is 17.2 Å². The van der Waals surface area contributed by atoms with E-state index in [-0.39, 0.29) is 18.9 Å². The van der Waals surface area contributed by atoms with Crippen LogP contribution >= 0.6 is 0 Å². The molecule has 0 radical (unpaired) electrons. The number of ether oxygens (including phenoxy) is 2. The van der Waals surface area contributed by atoms with Crippen molar-refractivity contribution in [3.8, 4) is 23.8 Å². The van der Waals surface area contributed by atoms with Crippen molar-refractivity contribution in [1.29, 1.82) is 0 Å². The number of amides is 1. The smallest absolute Gasteiger partial charge is 0.227 e. The van der Waals surface area contributed by atoms with Crippen LogP contribution in [-0.4, -0.2) is 19.6 Å². The van der Waals surface area contributed by atoms with Gasteiger partial charge in [0.05, 0.1) is 20.1 Å². The minimum Gasteiger partial charge on any atom is -0.493 e. The number of carbonyl (C=O) groups excluding carboxylic acids is 1. The van der Waals surface area contributed by atoms with Gasteiger partial charge in [0.1, 0.15) is 0 Å². The molecule has 0 aliphatic rings. The Morgan fingerprint density at radius 2 is 1.95 bits per heavy atom. The van der Waals surface area contributed by atoms with Crippen LogP contribution in [0.25, 0.3) is 0 Å². The molecule has 0 atom stereocenters. The van der Waals surface area contributed by atoms with Gasteiger partial charge < -0.3 is 14.8 Å². The van der Waals surface area contributed by atoms with Crippen LogP contribution in [0.1, 0.15) is 12.0 Å². The molecular formula is C18H17NO3. The summed E-state index contributed by atoms with van der Waals surface area (Å²) in [6.07, 6.45) is 5.56. The highest BCUT2D eigenvalue weighted by Crippen LogP contribution is 2.25. The SMILES string of the molecule is C#Cc1cccc(NC(=O)CCOc2ccccc2OC)c1. The van der Waals surface area contributed by atoms with Crippen LogP contribution in [0.4, 0.5) is 5.69 Å². The summed E-state index contributed by atoms with van der Waals surface area (Å²) in [7, 11) is 1.58. The van der Waals surface area contributed by atoms with Gasteiger partial charge in [0.15, 0.2) is 11.5 Å². The van der Waals surface area contributed by atoms with Crippen LogP contribution in [0.5, 0.6) is 11.5 Å². The Hall–Kier alpha value is -2.93. The van der Waals surface area contributed by atoms with E-state index in [1.807, 2.05) is 12.1 Å². The van der Waals surface area contributed by atoms with Crippen molar-refractivity contribution in [2.24, 2.45) is 0 Å². The molecule has 0 unspecified atom stereocenters. The first kappa shape index (κ1) is 15.5. The maximum Gasteiger partial charge on any atom is 0.227 e. The number of terminal acetylenes is 1. The molecule has 2 aromatic rings. The van der Waals surface area contributed by atoms with E-state index >= 15 is 0 Å². The van der Waals surface area contributed by atoms with Crippen LogP contribution in [0.15, 0.2) is 48.5 Å². The van der Waals surface area contributed by atoms with Crippen molar-refractivity contribution >= 4 is 11.6 Å². The predicted octanol–water partition coefficient (Wildman–Crippen LogP) is 3.08. The van der Waals surface area contributed by atoms with E-state index in [9.17, 15) is 4.79 Å². The summed E-state index contributed by atoms with van der Waals surface area (Å²) in [4.78, 5) is 11.9. The molecule has 0 spiro atoms. The van der Waals surface area contributed by atoms with Crippen molar-refractivity contribution < 1.29 is 14.3 Å². The second-order valence-electron chi connectivity index (χ2n) is 4.52. The van der Waals surface area contributed by atoms with Crippen LogP contribution in [0.3, 0.4) is 0 Å². The third-order valence-corrected chi connectivity index (χ3v) is 2.97.